The molecule has 4 heteroatoms. The molecule has 1 heterocycles. The Morgan fingerprint density at radius 2 is 1.60 bits per heavy atom. The van der Waals surface area contributed by atoms with Crippen molar-refractivity contribution in [2.24, 2.45) is 4.99 Å². The molecule has 3 rings (SSSR count). The second kappa shape index (κ2) is 7.62. The average Bonchev–Trinajstić information content (AvgIpc) is 2.87. The molecule has 0 saturated heterocycles. The molecule has 118 valence electrons. The molecule has 25 heavy (non-hydrogen) atoms. The van der Waals surface area contributed by atoms with Gasteiger partial charge in [-0.2, -0.15) is 10.5 Å². The van der Waals surface area contributed by atoms with E-state index < -0.39 is 0 Å². The van der Waals surface area contributed by atoms with Crippen LogP contribution in [0, 0.1) is 22.7 Å². The van der Waals surface area contributed by atoms with Crippen LogP contribution in [0.15, 0.2) is 88.5 Å². The normalized spacial score (nSPS) is 13.5. The van der Waals surface area contributed by atoms with Crippen molar-refractivity contribution in [1.82, 2.24) is 5.32 Å². The maximum absolute atomic E-state index is 9.34. The van der Waals surface area contributed by atoms with E-state index in [4.69, 9.17) is 0 Å². The molecule has 0 atom stereocenters. The average molecular weight is 322 g/mol. The summed E-state index contributed by atoms with van der Waals surface area (Å²) in [5.41, 5.74) is 6.73. The van der Waals surface area contributed by atoms with Crippen LogP contribution in [0.3, 0.4) is 0 Å². The van der Waals surface area contributed by atoms with Crippen LogP contribution in [0.2, 0.25) is 0 Å². The van der Waals surface area contributed by atoms with Crippen molar-refractivity contribution >= 4 is 11.8 Å². The summed E-state index contributed by atoms with van der Waals surface area (Å²) in [6.45, 7) is 0. The van der Waals surface area contributed by atoms with Crippen molar-refractivity contribution in [3.05, 3.63) is 94.6 Å². The summed E-state index contributed by atoms with van der Waals surface area (Å²) in [7, 11) is 0. The summed E-state index contributed by atoms with van der Waals surface area (Å²) in [6, 6.07) is 23.4. The first-order valence-electron chi connectivity index (χ1n) is 7.75. The van der Waals surface area contributed by atoms with Gasteiger partial charge in [0, 0.05) is 6.42 Å². The van der Waals surface area contributed by atoms with Crippen molar-refractivity contribution in [2.75, 3.05) is 0 Å². The molecule has 2 aromatic rings. The minimum absolute atomic E-state index is 0.0814. The van der Waals surface area contributed by atoms with Crippen LogP contribution in [0.1, 0.15) is 17.5 Å². The van der Waals surface area contributed by atoms with Gasteiger partial charge in [-0.25, -0.2) is 4.99 Å². The zero-order chi connectivity index (χ0) is 17.5. The highest BCUT2D eigenvalue weighted by Gasteiger charge is 2.16. The Morgan fingerprint density at radius 3 is 2.24 bits per heavy atom. The Hall–Kier alpha value is -3.85. The predicted molar refractivity (Wildman–Crippen MR) is 96.9 cm³/mol. The molecule has 1 aliphatic heterocycles. The Morgan fingerprint density at radius 1 is 0.920 bits per heavy atom. The Balaban J connectivity index is 2.07. The van der Waals surface area contributed by atoms with E-state index in [1.807, 2.05) is 78.9 Å². The zero-order valence-corrected chi connectivity index (χ0v) is 13.4. The lowest BCUT2D eigenvalue weighted by molar-refractivity contribution is 0.979. The molecule has 0 fully saturated rings. The van der Waals surface area contributed by atoms with Crippen molar-refractivity contribution < 1.29 is 0 Å². The summed E-state index contributed by atoms with van der Waals surface area (Å²) in [6.07, 6.45) is 2.29. The van der Waals surface area contributed by atoms with Gasteiger partial charge in [-0.1, -0.05) is 66.4 Å². The second-order valence-electron chi connectivity index (χ2n) is 5.35. The fraction of sp³-hybridized carbons (Fsp3) is 0.0476. The smallest absolute Gasteiger partial charge is 0.175 e. The topological polar surface area (TPSA) is 72.0 Å². The van der Waals surface area contributed by atoms with E-state index >= 15 is 0 Å². The van der Waals surface area contributed by atoms with Gasteiger partial charge in [-0.3, -0.25) is 0 Å². The molecule has 0 spiro atoms. The van der Waals surface area contributed by atoms with E-state index in [0.717, 1.165) is 16.8 Å². The van der Waals surface area contributed by atoms with Gasteiger partial charge in [-0.05, 0) is 17.2 Å². The number of hydrogen-bond acceptors (Lipinski definition) is 4. The third kappa shape index (κ3) is 3.92. The molecule has 0 aromatic heterocycles. The van der Waals surface area contributed by atoms with Gasteiger partial charge in [0.15, 0.2) is 11.4 Å². The molecule has 0 bridgehead atoms. The van der Waals surface area contributed by atoms with E-state index in [0.29, 0.717) is 12.1 Å². The summed E-state index contributed by atoms with van der Waals surface area (Å²) >= 11 is 0. The van der Waals surface area contributed by atoms with Gasteiger partial charge in [0.2, 0.25) is 0 Å². The van der Waals surface area contributed by atoms with Crippen LogP contribution in [0.4, 0.5) is 0 Å². The molecule has 1 N–H and O–H groups in total. The highest BCUT2D eigenvalue weighted by molar-refractivity contribution is 6.03. The van der Waals surface area contributed by atoms with Crippen molar-refractivity contribution in [3.63, 3.8) is 0 Å². The molecule has 0 amide bonds. The minimum atomic E-state index is 0.0814. The highest BCUT2D eigenvalue weighted by atomic mass is 15.0. The van der Waals surface area contributed by atoms with E-state index in [2.05, 4.69) is 16.0 Å². The van der Waals surface area contributed by atoms with Crippen LogP contribution in [-0.4, -0.2) is 5.71 Å². The molecule has 1 aliphatic rings. The van der Waals surface area contributed by atoms with Crippen molar-refractivity contribution in [3.8, 4) is 12.1 Å². The van der Waals surface area contributed by atoms with Gasteiger partial charge in [0.25, 0.3) is 0 Å². The molecule has 0 saturated carbocycles. The Kier molecular flexibility index (Phi) is 4.88. The lowest BCUT2D eigenvalue weighted by atomic mass is 10.1. The maximum atomic E-state index is 9.34. The fourth-order valence-corrected chi connectivity index (χ4v) is 2.42. The SMILES string of the molecule is N#CC1=C(C#N)NC(=C=Cc2ccccc2)CC(c2ccccc2)=N1. The highest BCUT2D eigenvalue weighted by Crippen LogP contribution is 2.18. The number of nitrogens with zero attached hydrogens (tertiary/aromatic N) is 3. The van der Waals surface area contributed by atoms with Gasteiger partial charge < -0.3 is 5.32 Å². The molecular weight excluding hydrogens is 308 g/mol. The largest absolute Gasteiger partial charge is 0.341 e. The summed E-state index contributed by atoms with van der Waals surface area (Å²) in [5, 5.41) is 21.7. The Bertz CT molecular complexity index is 978. The molecular formula is C21H14N4. The number of nitriles is 2. The summed E-state index contributed by atoms with van der Waals surface area (Å²) in [4.78, 5) is 4.40. The standard InChI is InChI=1S/C21H14N4/c22-14-20-21(15-23)25-19(17-9-5-2-6-10-17)13-18(24-20)12-11-16-7-3-1-4-8-16/h1-11,24H,13H2. The number of rotatable bonds is 2. The van der Waals surface area contributed by atoms with Gasteiger partial charge in [0.1, 0.15) is 12.1 Å². The van der Waals surface area contributed by atoms with Crippen LogP contribution in [-0.2, 0) is 0 Å². The van der Waals surface area contributed by atoms with Crippen LogP contribution in [0.5, 0.6) is 0 Å². The lowest BCUT2D eigenvalue weighted by Crippen LogP contribution is -2.13. The zero-order valence-electron chi connectivity index (χ0n) is 13.4. The van der Waals surface area contributed by atoms with Gasteiger partial charge in [-0.15, -0.1) is 0 Å². The molecule has 4 nitrogen and oxygen atoms in total. The first-order valence-corrected chi connectivity index (χ1v) is 7.75. The van der Waals surface area contributed by atoms with E-state index in [1.165, 1.54) is 0 Å². The van der Waals surface area contributed by atoms with Crippen molar-refractivity contribution in [2.45, 2.75) is 6.42 Å². The number of nitrogens with one attached hydrogen (secondary N) is 1. The van der Waals surface area contributed by atoms with Crippen LogP contribution < -0.4 is 5.32 Å². The number of hydrogen-bond donors (Lipinski definition) is 1. The minimum Gasteiger partial charge on any atom is -0.341 e. The van der Waals surface area contributed by atoms with E-state index in [9.17, 15) is 10.5 Å². The van der Waals surface area contributed by atoms with Crippen LogP contribution >= 0.6 is 0 Å². The molecule has 0 aliphatic carbocycles. The Labute approximate surface area is 146 Å². The van der Waals surface area contributed by atoms with Crippen molar-refractivity contribution in [1.29, 1.82) is 10.5 Å². The van der Waals surface area contributed by atoms with Crippen LogP contribution in [0.25, 0.3) is 6.08 Å². The quantitative estimate of drug-likeness (QED) is 0.852. The van der Waals surface area contributed by atoms with Gasteiger partial charge in [0.05, 0.1) is 11.4 Å². The summed E-state index contributed by atoms with van der Waals surface area (Å²) in [5.74, 6) is 0. The summed E-state index contributed by atoms with van der Waals surface area (Å²) < 4.78 is 0. The van der Waals surface area contributed by atoms with E-state index in [1.54, 1.807) is 0 Å². The van der Waals surface area contributed by atoms with E-state index in [-0.39, 0.29) is 11.4 Å². The number of allylic oxidation sites excluding steroid dienone is 3. The number of aliphatic imine (C=N–C) groups is 1. The molecule has 0 unspecified atom stereocenters. The third-order valence-electron chi connectivity index (χ3n) is 3.64. The monoisotopic (exact) mass is 322 g/mol. The maximum Gasteiger partial charge on any atom is 0.175 e. The first-order chi connectivity index (χ1) is 12.3. The fourth-order valence-electron chi connectivity index (χ4n) is 2.42. The predicted octanol–water partition coefficient (Wildman–Crippen LogP) is 3.92. The second-order valence-corrected chi connectivity index (χ2v) is 5.35. The lowest BCUT2D eigenvalue weighted by Gasteiger charge is -2.06. The van der Waals surface area contributed by atoms with Gasteiger partial charge >= 0.3 is 0 Å². The molecule has 2 aromatic carbocycles. The first kappa shape index (κ1) is 16.0. The third-order valence-corrected chi connectivity index (χ3v) is 3.64. The molecule has 0 radical (unpaired) electrons. The number of benzene rings is 2.